The molecule has 1 saturated heterocycles. The Kier molecular flexibility index (Phi) is 22.2. The molecule has 26 nitrogen and oxygen atoms in total. The number of amides is 12. The Morgan fingerprint density at radius 2 is 1.35 bits per heavy atom. The third-order valence-electron chi connectivity index (χ3n) is 11.2. The largest absolute Gasteiger partial charge is 0.508 e. The highest BCUT2D eigenvalue weighted by Crippen LogP contribution is 2.15. The summed E-state index contributed by atoms with van der Waals surface area (Å²) in [5.41, 5.74) is 23.2. The van der Waals surface area contributed by atoms with E-state index >= 15 is 0 Å². The van der Waals surface area contributed by atoms with Gasteiger partial charge in [0.25, 0.3) is 0 Å². The molecule has 1 fully saturated rings. The zero-order valence-electron chi connectivity index (χ0n) is 39.5. The molecule has 7 atom stereocenters. The molecule has 386 valence electrons. The molecule has 2 aromatic rings. The fraction of sp³-hybridized carbons (Fsp3) is 0.467. The summed E-state index contributed by atoms with van der Waals surface area (Å²) in [4.78, 5) is 160. The number of hydrogen-bond acceptors (Lipinski definition) is 14. The van der Waals surface area contributed by atoms with Crippen LogP contribution in [0.4, 0.5) is 5.69 Å². The summed E-state index contributed by atoms with van der Waals surface area (Å²) in [6, 6.07) is 2.79. The van der Waals surface area contributed by atoms with Gasteiger partial charge in [-0.1, -0.05) is 44.5 Å². The Labute approximate surface area is 408 Å². The number of primary amides is 3. The number of carbonyl (C=O) groups is 12. The molecule has 1 heterocycles. The maximum Gasteiger partial charge on any atom is 0.245 e. The van der Waals surface area contributed by atoms with Crippen molar-refractivity contribution in [2.45, 2.75) is 101 Å². The Bertz CT molecular complexity index is 2300. The van der Waals surface area contributed by atoms with Crippen LogP contribution in [-0.2, 0) is 70.4 Å². The summed E-state index contributed by atoms with van der Waals surface area (Å²) >= 11 is 0. The highest BCUT2D eigenvalue weighted by molar-refractivity contribution is 5.99. The first kappa shape index (κ1) is 57.0. The summed E-state index contributed by atoms with van der Waals surface area (Å²) in [6.07, 6.45) is -2.80. The highest BCUT2D eigenvalue weighted by Gasteiger charge is 2.36. The SMILES string of the molecule is CCC(C)C1NC(=O)C(Cc2ccc(O)cc2)NC(=O)CNC(=O)CCC(C(=O)N(C)CC(=O)NC(Cc2ccc(N)cc2)C(=O)NCC(N)=O)NC(=O)C(CC(N)=O)NC(=O)C(CCC(N)=O)NC1=O. The molecule has 71 heavy (non-hydrogen) atoms. The third kappa shape index (κ3) is 19.7. The monoisotopic (exact) mass is 993 g/mol. The van der Waals surface area contributed by atoms with Crippen molar-refractivity contribution in [1.29, 1.82) is 0 Å². The minimum absolute atomic E-state index is 0.0775. The molecule has 0 spiro atoms. The number of rotatable bonds is 18. The van der Waals surface area contributed by atoms with Crippen LogP contribution < -0.4 is 65.5 Å². The maximum absolute atomic E-state index is 14.1. The number of likely N-dealkylation sites (N-methyl/N-ethyl adjacent to an activating group) is 1. The summed E-state index contributed by atoms with van der Waals surface area (Å²) in [5, 5.41) is 29.3. The quantitative estimate of drug-likeness (QED) is 0.0622. The molecule has 3 rings (SSSR count). The van der Waals surface area contributed by atoms with Gasteiger partial charge >= 0.3 is 0 Å². The molecule has 0 aromatic heterocycles. The molecular weight excluding hydrogens is 931 g/mol. The molecule has 12 amide bonds. The fourth-order valence-electron chi connectivity index (χ4n) is 7.05. The van der Waals surface area contributed by atoms with Crippen LogP contribution in [0.5, 0.6) is 5.75 Å². The van der Waals surface area contributed by atoms with Crippen LogP contribution in [-0.4, -0.2) is 144 Å². The van der Waals surface area contributed by atoms with E-state index in [4.69, 9.17) is 22.9 Å². The zero-order valence-corrected chi connectivity index (χ0v) is 39.5. The number of phenolic OH excluding ortho intramolecular Hbond substituents is 1. The number of nitrogens with one attached hydrogen (secondary N) is 8. The van der Waals surface area contributed by atoms with Crippen molar-refractivity contribution in [2.24, 2.45) is 23.1 Å². The van der Waals surface area contributed by atoms with Crippen LogP contribution >= 0.6 is 0 Å². The van der Waals surface area contributed by atoms with Gasteiger partial charge in [-0.2, -0.15) is 0 Å². The maximum atomic E-state index is 14.1. The van der Waals surface area contributed by atoms with Gasteiger partial charge in [0.05, 0.1) is 26.1 Å². The predicted molar refractivity (Wildman–Crippen MR) is 252 cm³/mol. The van der Waals surface area contributed by atoms with E-state index in [1.807, 2.05) is 0 Å². The first-order chi connectivity index (χ1) is 33.4. The van der Waals surface area contributed by atoms with Crippen molar-refractivity contribution in [3.63, 3.8) is 0 Å². The van der Waals surface area contributed by atoms with Gasteiger partial charge in [0.1, 0.15) is 42.0 Å². The van der Waals surface area contributed by atoms with Crippen molar-refractivity contribution in [3.05, 3.63) is 59.7 Å². The lowest BCUT2D eigenvalue weighted by Crippen LogP contribution is -2.61. The standard InChI is InChI=1S/C45H63N13O13/c1-4-23(2)39-44(70)54-28(13-15-33(47)60)41(67)56-32(19-34(48)61)42(68)55-29(14-16-36(63)50-21-37(64)52-31(43(69)57-39)18-25-7-11-27(59)12-8-25)45(71)58(3)22-38(65)53-30(40(66)51-20-35(49)62)17-24-5-9-26(46)10-6-24/h5-12,23,28-32,39,59H,4,13-22,46H2,1-3H3,(H2,47,60)(H2,48,61)(H2,49,62)(H,50,63)(H,51,66)(H,52,64)(H,53,65)(H,54,70)(H,55,68)(H,56,67)(H,57,69). The van der Waals surface area contributed by atoms with Crippen molar-refractivity contribution < 1.29 is 62.6 Å². The molecule has 0 saturated carbocycles. The lowest BCUT2D eigenvalue weighted by atomic mass is 9.96. The molecular formula is C45H63N13O13. The van der Waals surface area contributed by atoms with E-state index in [2.05, 4.69) is 42.5 Å². The zero-order chi connectivity index (χ0) is 52.9. The molecule has 0 radical (unpaired) electrons. The number of anilines is 1. The van der Waals surface area contributed by atoms with E-state index in [-0.39, 0.29) is 18.6 Å². The van der Waals surface area contributed by atoms with Gasteiger partial charge in [0.2, 0.25) is 70.9 Å². The number of benzene rings is 2. The minimum Gasteiger partial charge on any atom is -0.508 e. The van der Waals surface area contributed by atoms with Gasteiger partial charge in [-0.15, -0.1) is 0 Å². The van der Waals surface area contributed by atoms with Crippen molar-refractivity contribution in [2.75, 3.05) is 32.4 Å². The summed E-state index contributed by atoms with van der Waals surface area (Å²) < 4.78 is 0. The van der Waals surface area contributed by atoms with Crippen LogP contribution in [0.2, 0.25) is 0 Å². The molecule has 0 bridgehead atoms. The number of carbonyl (C=O) groups excluding carboxylic acids is 12. The van der Waals surface area contributed by atoms with E-state index < -0.39 is 165 Å². The second-order valence-corrected chi connectivity index (χ2v) is 17.0. The lowest BCUT2D eigenvalue weighted by Gasteiger charge is -2.29. The molecule has 17 N–H and O–H groups in total. The molecule has 26 heteroatoms. The van der Waals surface area contributed by atoms with Gasteiger partial charge in [0.15, 0.2) is 0 Å². The molecule has 7 unspecified atom stereocenters. The summed E-state index contributed by atoms with van der Waals surface area (Å²) in [5.74, 6) is -12.0. The first-order valence-electron chi connectivity index (χ1n) is 22.5. The van der Waals surface area contributed by atoms with E-state index in [1.54, 1.807) is 38.1 Å². The van der Waals surface area contributed by atoms with E-state index in [1.165, 1.54) is 24.3 Å². The second-order valence-electron chi connectivity index (χ2n) is 17.0. The van der Waals surface area contributed by atoms with Gasteiger partial charge in [0, 0.05) is 38.4 Å². The number of nitrogens with zero attached hydrogens (tertiary/aromatic N) is 1. The number of aromatic hydroxyl groups is 1. The fourth-order valence-corrected chi connectivity index (χ4v) is 7.05. The highest BCUT2D eigenvalue weighted by atomic mass is 16.3. The average Bonchev–Trinajstić information content (AvgIpc) is 3.31. The van der Waals surface area contributed by atoms with E-state index in [0.717, 1.165) is 11.9 Å². The number of nitrogen functional groups attached to an aromatic ring is 1. The molecule has 0 aliphatic carbocycles. The topological polar surface area (TPSA) is 429 Å². The molecule has 2 aromatic carbocycles. The summed E-state index contributed by atoms with van der Waals surface area (Å²) in [6.45, 7) is 1.33. The van der Waals surface area contributed by atoms with Gasteiger partial charge in [-0.25, -0.2) is 0 Å². The van der Waals surface area contributed by atoms with Crippen LogP contribution in [0, 0.1) is 5.92 Å². The Morgan fingerprint density at radius 3 is 1.96 bits per heavy atom. The van der Waals surface area contributed by atoms with E-state index in [0.29, 0.717) is 23.2 Å². The summed E-state index contributed by atoms with van der Waals surface area (Å²) in [7, 11) is 1.16. The third-order valence-corrected chi connectivity index (χ3v) is 11.2. The van der Waals surface area contributed by atoms with Crippen LogP contribution in [0.1, 0.15) is 63.5 Å². The van der Waals surface area contributed by atoms with Crippen molar-refractivity contribution >= 4 is 76.6 Å². The van der Waals surface area contributed by atoms with Gasteiger partial charge in [-0.3, -0.25) is 57.5 Å². The van der Waals surface area contributed by atoms with E-state index in [9.17, 15) is 62.6 Å². The average molecular weight is 994 g/mol. The van der Waals surface area contributed by atoms with Crippen LogP contribution in [0.15, 0.2) is 48.5 Å². The number of hydrogen-bond donors (Lipinski definition) is 13. The predicted octanol–water partition coefficient (Wildman–Crippen LogP) is -5.17. The molecule has 1 aliphatic heterocycles. The minimum atomic E-state index is -1.85. The van der Waals surface area contributed by atoms with Gasteiger partial charge < -0.3 is 75.5 Å². The number of nitrogens with two attached hydrogens (primary N) is 4. The smallest absolute Gasteiger partial charge is 0.245 e. The normalized spacial score (nSPS) is 20.4. The second kappa shape index (κ2) is 27.6. The number of phenols is 1. The van der Waals surface area contributed by atoms with Gasteiger partial charge in [-0.05, 0) is 54.2 Å². The Hall–Kier alpha value is -8.32. The van der Waals surface area contributed by atoms with Crippen LogP contribution in [0.3, 0.4) is 0 Å². The first-order valence-corrected chi connectivity index (χ1v) is 22.5. The Balaban J connectivity index is 2.01. The molecule has 1 aliphatic rings. The van der Waals surface area contributed by atoms with Crippen LogP contribution in [0.25, 0.3) is 0 Å². The van der Waals surface area contributed by atoms with Crippen molar-refractivity contribution in [1.82, 2.24) is 47.4 Å². The van der Waals surface area contributed by atoms with Crippen molar-refractivity contribution in [3.8, 4) is 5.75 Å². The lowest BCUT2D eigenvalue weighted by molar-refractivity contribution is -0.140. The Morgan fingerprint density at radius 1 is 0.746 bits per heavy atom.